The summed E-state index contributed by atoms with van der Waals surface area (Å²) in [5.74, 6) is 2.11. The highest BCUT2D eigenvalue weighted by atomic mass is 16.7. The molecule has 0 aliphatic carbocycles. The van der Waals surface area contributed by atoms with Gasteiger partial charge in [-0.2, -0.15) is 0 Å². The van der Waals surface area contributed by atoms with Gasteiger partial charge in [0.2, 0.25) is 12.7 Å². The highest BCUT2D eigenvalue weighted by Crippen LogP contribution is 2.34. The van der Waals surface area contributed by atoms with Gasteiger partial charge in [0.25, 0.3) is 0 Å². The Balaban J connectivity index is 1.65. The molecule has 0 aromatic heterocycles. The largest absolute Gasteiger partial charge is 0.493 e. The molecule has 0 amide bonds. The first-order valence-corrected chi connectivity index (χ1v) is 7.82. The zero-order chi connectivity index (χ0) is 18.1. The van der Waals surface area contributed by atoms with Gasteiger partial charge in [-0.15, -0.1) is 0 Å². The van der Waals surface area contributed by atoms with Crippen LogP contribution in [0.25, 0.3) is 6.08 Å². The SMILES string of the molecule is COc1ccc(C2=NC(=Cc3ccc4c(c3)OCO4)C(=O)O2)cc1OC. The fraction of sp³-hybridized carbons (Fsp3) is 0.158. The van der Waals surface area contributed by atoms with E-state index in [-0.39, 0.29) is 18.4 Å². The maximum Gasteiger partial charge on any atom is 0.363 e. The first-order valence-electron chi connectivity index (χ1n) is 7.82. The maximum absolute atomic E-state index is 12.2. The molecule has 0 bridgehead atoms. The molecule has 0 radical (unpaired) electrons. The van der Waals surface area contributed by atoms with Crippen LogP contribution >= 0.6 is 0 Å². The van der Waals surface area contributed by atoms with Crippen molar-refractivity contribution in [1.82, 2.24) is 0 Å². The molecule has 2 aliphatic heterocycles. The molecular weight excluding hydrogens is 338 g/mol. The minimum atomic E-state index is -0.521. The van der Waals surface area contributed by atoms with Crippen molar-refractivity contribution in [2.45, 2.75) is 0 Å². The summed E-state index contributed by atoms with van der Waals surface area (Å²) in [5, 5.41) is 0. The summed E-state index contributed by atoms with van der Waals surface area (Å²) in [6.45, 7) is 0.193. The first kappa shape index (κ1) is 16.0. The third-order valence-corrected chi connectivity index (χ3v) is 3.95. The van der Waals surface area contributed by atoms with E-state index in [1.54, 1.807) is 43.5 Å². The summed E-state index contributed by atoms with van der Waals surface area (Å²) in [4.78, 5) is 16.5. The summed E-state index contributed by atoms with van der Waals surface area (Å²) in [6, 6.07) is 10.6. The third kappa shape index (κ3) is 2.83. The van der Waals surface area contributed by atoms with Crippen molar-refractivity contribution in [2.75, 3.05) is 21.0 Å². The van der Waals surface area contributed by atoms with E-state index < -0.39 is 5.97 Å². The Morgan fingerprint density at radius 3 is 2.62 bits per heavy atom. The van der Waals surface area contributed by atoms with Crippen LogP contribution < -0.4 is 18.9 Å². The maximum atomic E-state index is 12.2. The van der Waals surface area contributed by atoms with Crippen molar-refractivity contribution in [2.24, 2.45) is 4.99 Å². The summed E-state index contributed by atoms with van der Waals surface area (Å²) >= 11 is 0. The highest BCUT2D eigenvalue weighted by molar-refractivity contribution is 6.13. The van der Waals surface area contributed by atoms with Gasteiger partial charge in [0.05, 0.1) is 14.2 Å². The number of hydrogen-bond donors (Lipinski definition) is 0. The van der Waals surface area contributed by atoms with Crippen molar-refractivity contribution >= 4 is 17.9 Å². The fourth-order valence-electron chi connectivity index (χ4n) is 2.66. The number of cyclic esters (lactones) is 1. The predicted molar refractivity (Wildman–Crippen MR) is 92.7 cm³/mol. The molecule has 2 heterocycles. The third-order valence-electron chi connectivity index (χ3n) is 3.95. The number of esters is 1. The van der Waals surface area contributed by atoms with Crippen molar-refractivity contribution < 1.29 is 28.5 Å². The minimum Gasteiger partial charge on any atom is -0.493 e. The van der Waals surface area contributed by atoms with Gasteiger partial charge in [0.1, 0.15) is 0 Å². The number of nitrogens with zero attached hydrogens (tertiary/aromatic N) is 1. The molecule has 26 heavy (non-hydrogen) atoms. The van der Waals surface area contributed by atoms with Gasteiger partial charge in [-0.25, -0.2) is 9.79 Å². The Labute approximate surface area is 149 Å². The molecular formula is C19H15NO6. The lowest BCUT2D eigenvalue weighted by atomic mass is 10.1. The Morgan fingerprint density at radius 2 is 1.81 bits per heavy atom. The lowest BCUT2D eigenvalue weighted by Crippen LogP contribution is -2.05. The van der Waals surface area contributed by atoms with E-state index in [2.05, 4.69) is 4.99 Å². The van der Waals surface area contributed by atoms with E-state index in [0.717, 1.165) is 5.56 Å². The van der Waals surface area contributed by atoms with Gasteiger partial charge < -0.3 is 23.7 Å². The number of ether oxygens (including phenoxy) is 5. The van der Waals surface area contributed by atoms with E-state index in [1.807, 2.05) is 6.07 Å². The second-order valence-electron chi connectivity index (χ2n) is 5.52. The zero-order valence-corrected chi connectivity index (χ0v) is 14.1. The van der Waals surface area contributed by atoms with Crippen LogP contribution in [0.1, 0.15) is 11.1 Å². The van der Waals surface area contributed by atoms with Crippen LogP contribution in [0, 0.1) is 0 Å². The van der Waals surface area contributed by atoms with Crippen LogP contribution in [0.3, 0.4) is 0 Å². The number of carbonyl (C=O) groups is 1. The Hall–Kier alpha value is -3.48. The summed E-state index contributed by atoms with van der Waals surface area (Å²) in [6.07, 6.45) is 1.64. The summed E-state index contributed by atoms with van der Waals surface area (Å²) in [5.41, 5.74) is 1.58. The van der Waals surface area contributed by atoms with Crippen molar-refractivity contribution in [3.63, 3.8) is 0 Å². The summed E-state index contributed by atoms with van der Waals surface area (Å²) < 4.78 is 26.4. The molecule has 4 rings (SSSR count). The van der Waals surface area contributed by atoms with Crippen molar-refractivity contribution in [3.8, 4) is 23.0 Å². The lowest BCUT2D eigenvalue weighted by molar-refractivity contribution is -0.129. The highest BCUT2D eigenvalue weighted by Gasteiger charge is 2.25. The molecule has 0 fully saturated rings. The van der Waals surface area contributed by atoms with E-state index in [0.29, 0.717) is 28.6 Å². The minimum absolute atomic E-state index is 0.193. The number of benzene rings is 2. The Morgan fingerprint density at radius 1 is 1.00 bits per heavy atom. The van der Waals surface area contributed by atoms with Gasteiger partial charge in [0.15, 0.2) is 28.7 Å². The molecule has 2 aromatic carbocycles. The summed E-state index contributed by atoms with van der Waals surface area (Å²) in [7, 11) is 3.09. The smallest absolute Gasteiger partial charge is 0.363 e. The molecule has 132 valence electrons. The average molecular weight is 353 g/mol. The first-order chi connectivity index (χ1) is 12.7. The number of hydrogen-bond acceptors (Lipinski definition) is 7. The van der Waals surface area contributed by atoms with Gasteiger partial charge in [-0.05, 0) is 42.0 Å². The van der Waals surface area contributed by atoms with Crippen molar-refractivity contribution in [1.29, 1.82) is 0 Å². The van der Waals surface area contributed by atoms with Crippen LogP contribution in [0.15, 0.2) is 47.1 Å². The lowest BCUT2D eigenvalue weighted by Gasteiger charge is -2.08. The Bertz CT molecular complexity index is 947. The molecule has 0 atom stereocenters. The molecule has 7 nitrogen and oxygen atoms in total. The number of carbonyl (C=O) groups excluding carboxylic acids is 1. The number of aliphatic imine (C=N–C) groups is 1. The van der Waals surface area contributed by atoms with Crippen LogP contribution in [-0.2, 0) is 9.53 Å². The average Bonchev–Trinajstić information content (AvgIpc) is 3.27. The van der Waals surface area contributed by atoms with Crippen molar-refractivity contribution in [3.05, 3.63) is 53.2 Å². The van der Waals surface area contributed by atoms with Gasteiger partial charge in [-0.1, -0.05) is 6.07 Å². The van der Waals surface area contributed by atoms with Crippen LogP contribution in [0.2, 0.25) is 0 Å². The van der Waals surface area contributed by atoms with E-state index in [9.17, 15) is 4.79 Å². The number of fused-ring (bicyclic) bond motifs is 1. The quantitative estimate of drug-likeness (QED) is 0.621. The van der Waals surface area contributed by atoms with Gasteiger partial charge >= 0.3 is 5.97 Å². The monoisotopic (exact) mass is 353 g/mol. The van der Waals surface area contributed by atoms with Gasteiger partial charge in [-0.3, -0.25) is 0 Å². The second-order valence-corrected chi connectivity index (χ2v) is 5.52. The van der Waals surface area contributed by atoms with E-state index >= 15 is 0 Å². The van der Waals surface area contributed by atoms with E-state index in [4.69, 9.17) is 23.7 Å². The molecule has 0 saturated carbocycles. The zero-order valence-electron chi connectivity index (χ0n) is 14.1. The number of rotatable bonds is 4. The second kappa shape index (κ2) is 6.44. The predicted octanol–water partition coefficient (Wildman–Crippen LogP) is 2.78. The van der Waals surface area contributed by atoms with Crippen LogP contribution in [0.4, 0.5) is 0 Å². The van der Waals surface area contributed by atoms with Gasteiger partial charge in [0, 0.05) is 5.56 Å². The van der Waals surface area contributed by atoms with E-state index in [1.165, 1.54) is 7.11 Å². The van der Waals surface area contributed by atoms with Crippen LogP contribution in [-0.4, -0.2) is 32.9 Å². The molecule has 2 aromatic rings. The molecule has 0 N–H and O–H groups in total. The Kier molecular flexibility index (Phi) is 3.96. The fourth-order valence-corrected chi connectivity index (χ4v) is 2.66. The van der Waals surface area contributed by atoms with Crippen LogP contribution in [0.5, 0.6) is 23.0 Å². The molecule has 7 heteroatoms. The molecule has 0 spiro atoms. The normalized spacial score (nSPS) is 16.5. The standard InChI is InChI=1S/C19H15NO6/c1-22-14-6-4-12(9-16(14)23-2)18-20-13(19(21)26-18)7-11-3-5-15-17(8-11)25-10-24-15/h3-9H,10H2,1-2H3. The molecule has 2 aliphatic rings. The topological polar surface area (TPSA) is 75.6 Å². The molecule has 0 unspecified atom stereocenters. The molecule has 0 saturated heterocycles. The number of methoxy groups -OCH3 is 2.